The van der Waals surface area contributed by atoms with Crippen LogP contribution in [0.2, 0.25) is 0 Å². The minimum atomic E-state index is -0.00546. The Morgan fingerprint density at radius 1 is 1.50 bits per heavy atom. The summed E-state index contributed by atoms with van der Waals surface area (Å²) in [6.07, 6.45) is 1.71. The molecular formula is C12H20N2O2. The molecule has 0 aliphatic heterocycles. The average Bonchev–Trinajstić information content (AvgIpc) is 2.27. The third kappa shape index (κ3) is 3.38. The number of aliphatic hydroxyl groups excluding tert-OH is 1. The predicted molar refractivity (Wildman–Crippen MR) is 64.7 cm³/mol. The van der Waals surface area contributed by atoms with E-state index in [9.17, 15) is 5.11 Å². The van der Waals surface area contributed by atoms with Gasteiger partial charge in [0.05, 0.1) is 19.3 Å². The molecule has 1 rings (SSSR count). The summed E-state index contributed by atoms with van der Waals surface area (Å²) in [5.74, 6) is 1.75. The highest BCUT2D eigenvalue weighted by atomic mass is 16.5. The lowest BCUT2D eigenvalue weighted by molar-refractivity contribution is 0.248. The SMILES string of the molecule is CCOc1cccnc1NC(CO)C(C)C. The Bertz CT molecular complexity index is 316. The van der Waals surface area contributed by atoms with Gasteiger partial charge in [-0.3, -0.25) is 0 Å². The molecule has 4 nitrogen and oxygen atoms in total. The van der Waals surface area contributed by atoms with E-state index in [2.05, 4.69) is 24.1 Å². The van der Waals surface area contributed by atoms with Crippen LogP contribution in [0.15, 0.2) is 18.3 Å². The van der Waals surface area contributed by atoms with E-state index in [1.165, 1.54) is 0 Å². The highest BCUT2D eigenvalue weighted by Crippen LogP contribution is 2.22. The van der Waals surface area contributed by atoms with E-state index in [0.717, 1.165) is 5.75 Å². The molecule has 1 aromatic rings. The fourth-order valence-corrected chi connectivity index (χ4v) is 1.37. The first-order valence-electron chi connectivity index (χ1n) is 5.64. The molecule has 2 N–H and O–H groups in total. The number of hydrogen-bond acceptors (Lipinski definition) is 4. The fourth-order valence-electron chi connectivity index (χ4n) is 1.37. The minimum absolute atomic E-state index is 0.00546. The van der Waals surface area contributed by atoms with Crippen molar-refractivity contribution in [2.45, 2.75) is 26.8 Å². The molecule has 1 aromatic heterocycles. The molecular weight excluding hydrogens is 204 g/mol. The zero-order chi connectivity index (χ0) is 12.0. The first kappa shape index (κ1) is 12.8. The van der Waals surface area contributed by atoms with Crippen LogP contribution < -0.4 is 10.1 Å². The van der Waals surface area contributed by atoms with Crippen molar-refractivity contribution in [1.82, 2.24) is 4.98 Å². The van der Waals surface area contributed by atoms with Gasteiger partial charge in [-0.1, -0.05) is 13.8 Å². The maximum Gasteiger partial charge on any atom is 0.169 e. The Labute approximate surface area is 96.7 Å². The van der Waals surface area contributed by atoms with Crippen molar-refractivity contribution in [3.8, 4) is 5.75 Å². The van der Waals surface area contributed by atoms with Crippen LogP contribution in [0, 0.1) is 5.92 Å². The molecule has 0 aliphatic carbocycles. The lowest BCUT2D eigenvalue weighted by Crippen LogP contribution is -2.30. The number of pyridine rings is 1. The van der Waals surface area contributed by atoms with Crippen molar-refractivity contribution in [1.29, 1.82) is 0 Å². The van der Waals surface area contributed by atoms with Crippen molar-refractivity contribution in [3.63, 3.8) is 0 Å². The van der Waals surface area contributed by atoms with Crippen molar-refractivity contribution in [2.75, 3.05) is 18.5 Å². The van der Waals surface area contributed by atoms with E-state index >= 15 is 0 Å². The van der Waals surface area contributed by atoms with Gasteiger partial charge in [0, 0.05) is 6.20 Å². The molecule has 4 heteroatoms. The number of aromatic nitrogens is 1. The first-order valence-corrected chi connectivity index (χ1v) is 5.64. The van der Waals surface area contributed by atoms with Crippen LogP contribution in [-0.4, -0.2) is 29.3 Å². The molecule has 0 aliphatic rings. The summed E-state index contributed by atoms with van der Waals surface area (Å²) in [7, 11) is 0. The van der Waals surface area contributed by atoms with Gasteiger partial charge in [-0.15, -0.1) is 0 Å². The minimum Gasteiger partial charge on any atom is -0.490 e. The smallest absolute Gasteiger partial charge is 0.169 e. The van der Waals surface area contributed by atoms with Crippen LogP contribution in [0.4, 0.5) is 5.82 Å². The van der Waals surface area contributed by atoms with Crippen molar-refractivity contribution in [2.24, 2.45) is 5.92 Å². The van der Waals surface area contributed by atoms with Gasteiger partial charge >= 0.3 is 0 Å². The molecule has 0 amide bonds. The number of hydrogen-bond donors (Lipinski definition) is 2. The van der Waals surface area contributed by atoms with Gasteiger partial charge in [0.15, 0.2) is 11.6 Å². The van der Waals surface area contributed by atoms with Crippen molar-refractivity contribution in [3.05, 3.63) is 18.3 Å². The number of aliphatic hydroxyl groups is 1. The first-order chi connectivity index (χ1) is 7.69. The topological polar surface area (TPSA) is 54.4 Å². The van der Waals surface area contributed by atoms with E-state index in [-0.39, 0.29) is 12.6 Å². The van der Waals surface area contributed by atoms with Gasteiger partial charge in [0.1, 0.15) is 0 Å². The van der Waals surface area contributed by atoms with E-state index in [1.807, 2.05) is 19.1 Å². The molecule has 0 fully saturated rings. The van der Waals surface area contributed by atoms with Gasteiger partial charge in [-0.25, -0.2) is 4.98 Å². The molecule has 0 radical (unpaired) electrons. The van der Waals surface area contributed by atoms with Crippen molar-refractivity contribution >= 4 is 5.82 Å². The van der Waals surface area contributed by atoms with Gasteiger partial charge in [0.25, 0.3) is 0 Å². The average molecular weight is 224 g/mol. The largest absolute Gasteiger partial charge is 0.490 e. The van der Waals surface area contributed by atoms with Crippen LogP contribution in [0.3, 0.4) is 0 Å². The summed E-state index contributed by atoms with van der Waals surface area (Å²) in [6.45, 7) is 6.72. The molecule has 0 bridgehead atoms. The molecule has 16 heavy (non-hydrogen) atoms. The van der Waals surface area contributed by atoms with Gasteiger partial charge in [-0.2, -0.15) is 0 Å². The molecule has 0 saturated heterocycles. The van der Waals surface area contributed by atoms with Gasteiger partial charge < -0.3 is 15.2 Å². The molecule has 1 atom stereocenters. The van der Waals surface area contributed by atoms with Crippen LogP contribution in [0.25, 0.3) is 0 Å². The van der Waals surface area contributed by atoms with Gasteiger partial charge in [0.2, 0.25) is 0 Å². The van der Waals surface area contributed by atoms with E-state index in [0.29, 0.717) is 18.3 Å². The number of nitrogens with zero attached hydrogens (tertiary/aromatic N) is 1. The third-order valence-corrected chi connectivity index (χ3v) is 2.39. The predicted octanol–water partition coefficient (Wildman–Crippen LogP) is 1.91. The van der Waals surface area contributed by atoms with Crippen LogP contribution in [0.5, 0.6) is 5.75 Å². The molecule has 90 valence electrons. The van der Waals surface area contributed by atoms with Gasteiger partial charge in [-0.05, 0) is 25.0 Å². The second-order valence-corrected chi connectivity index (χ2v) is 3.96. The summed E-state index contributed by atoms with van der Waals surface area (Å²) in [5, 5.41) is 12.4. The summed E-state index contributed by atoms with van der Waals surface area (Å²) < 4.78 is 5.46. The molecule has 1 heterocycles. The Morgan fingerprint density at radius 2 is 2.25 bits per heavy atom. The zero-order valence-corrected chi connectivity index (χ0v) is 10.1. The maximum absolute atomic E-state index is 9.25. The van der Waals surface area contributed by atoms with E-state index < -0.39 is 0 Å². The number of anilines is 1. The Balaban J connectivity index is 2.78. The second kappa shape index (κ2) is 6.33. The number of ether oxygens (including phenoxy) is 1. The summed E-state index contributed by atoms with van der Waals surface area (Å²) >= 11 is 0. The van der Waals surface area contributed by atoms with Crippen LogP contribution in [-0.2, 0) is 0 Å². The monoisotopic (exact) mass is 224 g/mol. The lowest BCUT2D eigenvalue weighted by Gasteiger charge is -2.21. The van der Waals surface area contributed by atoms with Crippen molar-refractivity contribution < 1.29 is 9.84 Å². The van der Waals surface area contributed by atoms with Crippen LogP contribution in [0.1, 0.15) is 20.8 Å². The summed E-state index contributed by atoms with van der Waals surface area (Å²) in [6, 6.07) is 3.70. The molecule has 0 saturated carbocycles. The van der Waals surface area contributed by atoms with E-state index in [4.69, 9.17) is 4.74 Å². The lowest BCUT2D eigenvalue weighted by atomic mass is 10.1. The Kier molecular flexibility index (Phi) is 5.05. The maximum atomic E-state index is 9.25. The highest BCUT2D eigenvalue weighted by molar-refractivity contribution is 5.50. The normalized spacial score (nSPS) is 12.6. The summed E-state index contributed by atoms with van der Waals surface area (Å²) in [5.41, 5.74) is 0. The quantitative estimate of drug-likeness (QED) is 0.775. The summed E-state index contributed by atoms with van der Waals surface area (Å²) in [4.78, 5) is 4.22. The molecule has 1 unspecified atom stereocenters. The highest BCUT2D eigenvalue weighted by Gasteiger charge is 2.14. The third-order valence-electron chi connectivity index (χ3n) is 2.39. The number of nitrogens with one attached hydrogen (secondary N) is 1. The Hall–Kier alpha value is -1.29. The zero-order valence-electron chi connectivity index (χ0n) is 10.1. The van der Waals surface area contributed by atoms with Crippen LogP contribution >= 0.6 is 0 Å². The standard InChI is InChI=1S/C12H20N2O2/c1-4-16-11-6-5-7-13-12(11)14-10(8-15)9(2)3/h5-7,9-10,15H,4,8H2,1-3H3,(H,13,14). The molecule has 0 spiro atoms. The van der Waals surface area contributed by atoms with E-state index in [1.54, 1.807) is 6.20 Å². The second-order valence-electron chi connectivity index (χ2n) is 3.96. The fraction of sp³-hybridized carbons (Fsp3) is 0.583. The Morgan fingerprint density at radius 3 is 2.81 bits per heavy atom. The molecule has 0 aromatic carbocycles. The number of rotatable bonds is 6.